The third-order valence-corrected chi connectivity index (χ3v) is 3.54. The van der Waals surface area contributed by atoms with E-state index >= 15 is 0 Å². The Bertz CT molecular complexity index is 351. The molecule has 3 unspecified atom stereocenters. The number of carbonyl (C=O) groups is 2. The third-order valence-electron chi connectivity index (χ3n) is 3.54. The molecule has 100 valence electrons. The second kappa shape index (κ2) is 5.52. The van der Waals surface area contributed by atoms with Gasteiger partial charge in [-0.2, -0.15) is 0 Å². The monoisotopic (exact) mass is 253 g/mol. The highest BCUT2D eigenvalue weighted by atomic mass is 16.5. The fourth-order valence-corrected chi connectivity index (χ4v) is 2.28. The van der Waals surface area contributed by atoms with Gasteiger partial charge >= 0.3 is 5.97 Å². The maximum Gasteiger partial charge on any atom is 0.328 e. The number of nitrogens with one attached hydrogen (secondary N) is 1. The Kier molecular flexibility index (Phi) is 4.01. The van der Waals surface area contributed by atoms with Gasteiger partial charge in [-0.15, -0.1) is 6.58 Å². The first-order valence-corrected chi connectivity index (χ1v) is 6.35. The molecule has 2 fully saturated rings. The van der Waals surface area contributed by atoms with Crippen molar-refractivity contribution in [3.05, 3.63) is 12.7 Å². The fourth-order valence-electron chi connectivity index (χ4n) is 2.28. The molecule has 0 bridgehead atoms. The number of hydrogen-bond acceptors (Lipinski definition) is 3. The van der Waals surface area contributed by atoms with Crippen LogP contribution in [0.4, 0.5) is 0 Å². The van der Waals surface area contributed by atoms with Gasteiger partial charge in [0.2, 0.25) is 5.91 Å². The van der Waals surface area contributed by atoms with Gasteiger partial charge in [0.15, 0.2) is 6.04 Å². The number of carboxylic acid groups (broad SMARTS) is 1. The summed E-state index contributed by atoms with van der Waals surface area (Å²) in [5.41, 5.74) is 0. The average molecular weight is 253 g/mol. The summed E-state index contributed by atoms with van der Waals surface area (Å²) < 4.78 is 5.08. The molecule has 0 aromatic carbocycles. The molecule has 2 rings (SSSR count). The second-order valence-electron chi connectivity index (χ2n) is 5.07. The molecule has 2 aliphatic rings. The lowest BCUT2D eigenvalue weighted by molar-refractivity contribution is -0.143. The van der Waals surface area contributed by atoms with Crippen LogP contribution < -0.4 is 5.32 Å². The van der Waals surface area contributed by atoms with Crippen LogP contribution in [0.25, 0.3) is 0 Å². The molecular weight excluding hydrogens is 234 g/mol. The minimum absolute atomic E-state index is 0.0199. The van der Waals surface area contributed by atoms with Gasteiger partial charge < -0.3 is 15.2 Å². The van der Waals surface area contributed by atoms with E-state index in [1.54, 1.807) is 6.08 Å². The Morgan fingerprint density at radius 3 is 2.78 bits per heavy atom. The van der Waals surface area contributed by atoms with Crippen LogP contribution >= 0.6 is 0 Å². The van der Waals surface area contributed by atoms with Crippen LogP contribution in [0.3, 0.4) is 0 Å². The molecule has 0 radical (unpaired) electrons. The zero-order valence-corrected chi connectivity index (χ0v) is 10.3. The molecule has 2 aliphatic carbocycles. The largest absolute Gasteiger partial charge is 0.480 e. The summed E-state index contributed by atoms with van der Waals surface area (Å²) in [4.78, 5) is 22.8. The van der Waals surface area contributed by atoms with Crippen LogP contribution in [-0.2, 0) is 14.3 Å². The first-order valence-electron chi connectivity index (χ1n) is 6.35. The lowest BCUT2D eigenvalue weighted by Crippen LogP contribution is -2.45. The van der Waals surface area contributed by atoms with Crippen molar-refractivity contribution in [3.63, 3.8) is 0 Å². The van der Waals surface area contributed by atoms with E-state index in [-0.39, 0.29) is 25.0 Å². The van der Waals surface area contributed by atoms with Crippen molar-refractivity contribution >= 4 is 11.9 Å². The first-order chi connectivity index (χ1) is 8.63. The highest BCUT2D eigenvalue weighted by molar-refractivity contribution is 5.86. The number of carbonyl (C=O) groups excluding carboxylic acids is 1. The molecule has 0 heterocycles. The quantitative estimate of drug-likeness (QED) is 0.495. The number of carboxylic acids is 1. The van der Waals surface area contributed by atoms with Gasteiger partial charge in [-0.1, -0.05) is 6.08 Å². The van der Waals surface area contributed by atoms with Gasteiger partial charge in [-0.3, -0.25) is 4.79 Å². The van der Waals surface area contributed by atoms with E-state index in [4.69, 9.17) is 9.84 Å². The zero-order chi connectivity index (χ0) is 13.1. The van der Waals surface area contributed by atoms with Gasteiger partial charge in [-0.05, 0) is 31.1 Å². The maximum absolute atomic E-state index is 11.8. The van der Waals surface area contributed by atoms with E-state index in [1.165, 1.54) is 12.8 Å². The fraction of sp³-hybridized carbons (Fsp3) is 0.692. The van der Waals surface area contributed by atoms with Crippen molar-refractivity contribution in [1.82, 2.24) is 5.32 Å². The molecule has 1 amide bonds. The highest BCUT2D eigenvalue weighted by Crippen LogP contribution is 2.54. The Hall–Kier alpha value is -1.36. The maximum atomic E-state index is 11.8. The minimum atomic E-state index is -1.06. The smallest absolute Gasteiger partial charge is 0.328 e. The molecule has 0 aromatic rings. The Morgan fingerprint density at radius 2 is 2.22 bits per heavy atom. The molecule has 2 saturated carbocycles. The molecule has 0 spiro atoms. The van der Waals surface area contributed by atoms with Gasteiger partial charge in [0, 0.05) is 5.92 Å². The molecule has 0 aromatic heterocycles. The number of aliphatic carboxylic acids is 1. The Morgan fingerprint density at radius 1 is 1.50 bits per heavy atom. The zero-order valence-electron chi connectivity index (χ0n) is 10.3. The summed E-state index contributed by atoms with van der Waals surface area (Å²) in [6, 6.07) is -0.960. The van der Waals surface area contributed by atoms with E-state index in [0.29, 0.717) is 11.8 Å². The second-order valence-corrected chi connectivity index (χ2v) is 5.07. The van der Waals surface area contributed by atoms with Crippen molar-refractivity contribution in [2.24, 2.45) is 17.8 Å². The molecule has 0 aliphatic heterocycles. The summed E-state index contributed by atoms with van der Waals surface area (Å²) in [5, 5.41) is 11.5. The summed E-state index contributed by atoms with van der Waals surface area (Å²) >= 11 is 0. The van der Waals surface area contributed by atoms with Gasteiger partial charge in [-0.25, -0.2) is 4.79 Å². The van der Waals surface area contributed by atoms with E-state index in [9.17, 15) is 9.59 Å². The molecule has 5 heteroatoms. The van der Waals surface area contributed by atoms with Crippen molar-refractivity contribution in [2.75, 3.05) is 13.2 Å². The normalized spacial score (nSPS) is 27.3. The van der Waals surface area contributed by atoms with Gasteiger partial charge in [0.25, 0.3) is 0 Å². The number of amides is 1. The van der Waals surface area contributed by atoms with Crippen molar-refractivity contribution < 1.29 is 19.4 Å². The number of ether oxygens (including phenoxy) is 1. The SMILES string of the molecule is C=CCOCC(NC(=O)C1CC1C1CC1)C(=O)O. The minimum Gasteiger partial charge on any atom is -0.480 e. The lowest BCUT2D eigenvalue weighted by Gasteiger charge is -2.14. The molecule has 2 N–H and O–H groups in total. The van der Waals surface area contributed by atoms with Crippen molar-refractivity contribution in [2.45, 2.75) is 25.3 Å². The standard InChI is InChI=1S/C13H19NO4/c1-2-5-18-7-11(13(16)17)14-12(15)10-6-9(10)8-3-4-8/h2,8-11H,1,3-7H2,(H,14,15)(H,16,17). The lowest BCUT2D eigenvalue weighted by atomic mass is 10.2. The molecule has 5 nitrogen and oxygen atoms in total. The predicted octanol–water partition coefficient (Wildman–Crippen LogP) is 0.804. The predicted molar refractivity (Wildman–Crippen MR) is 64.9 cm³/mol. The van der Waals surface area contributed by atoms with Gasteiger partial charge in [0.1, 0.15) is 0 Å². The summed E-state index contributed by atoms with van der Waals surface area (Å²) in [6.07, 6.45) is 4.90. The Balaban J connectivity index is 1.75. The van der Waals surface area contributed by atoms with E-state index < -0.39 is 12.0 Å². The summed E-state index contributed by atoms with van der Waals surface area (Å²) in [5.74, 6) is 0.0332. The van der Waals surface area contributed by atoms with Crippen LogP contribution in [0.2, 0.25) is 0 Å². The van der Waals surface area contributed by atoms with Crippen LogP contribution in [0, 0.1) is 17.8 Å². The number of hydrogen-bond donors (Lipinski definition) is 2. The molecular formula is C13H19NO4. The summed E-state index contributed by atoms with van der Waals surface area (Å²) in [7, 11) is 0. The molecule has 18 heavy (non-hydrogen) atoms. The third kappa shape index (κ3) is 3.32. The average Bonchev–Trinajstić information content (AvgIpc) is 3.16. The number of rotatable bonds is 8. The molecule has 3 atom stereocenters. The topological polar surface area (TPSA) is 75.6 Å². The first kappa shape index (κ1) is 13.1. The molecule has 0 saturated heterocycles. The Labute approximate surface area is 106 Å². The van der Waals surface area contributed by atoms with Crippen LogP contribution in [0.15, 0.2) is 12.7 Å². The van der Waals surface area contributed by atoms with Crippen LogP contribution in [0.1, 0.15) is 19.3 Å². The van der Waals surface area contributed by atoms with E-state index in [1.807, 2.05) is 0 Å². The van der Waals surface area contributed by atoms with Crippen LogP contribution in [0.5, 0.6) is 0 Å². The van der Waals surface area contributed by atoms with Crippen LogP contribution in [-0.4, -0.2) is 36.2 Å². The van der Waals surface area contributed by atoms with Gasteiger partial charge in [0.05, 0.1) is 13.2 Å². The highest BCUT2D eigenvalue weighted by Gasteiger charge is 2.51. The van der Waals surface area contributed by atoms with E-state index in [0.717, 1.165) is 6.42 Å². The van der Waals surface area contributed by atoms with Crippen molar-refractivity contribution in [3.8, 4) is 0 Å². The summed E-state index contributed by atoms with van der Waals surface area (Å²) in [6.45, 7) is 3.74. The van der Waals surface area contributed by atoms with E-state index in [2.05, 4.69) is 11.9 Å². The van der Waals surface area contributed by atoms with Crippen molar-refractivity contribution in [1.29, 1.82) is 0 Å².